The standard InChI is InChI=1S/C15H27NO3S4/c1-4-5-6-7-11-8-9-20-21-10-12(13(17)18)16-14(19)15(2,3)23-22-11/h11-12H,4-10H2,1-3H3,(H,16,19)(H,17,18). The molecule has 0 spiro atoms. The molecule has 2 N–H and O–H groups in total. The number of carbonyl (C=O) groups is 2. The van der Waals surface area contributed by atoms with E-state index in [2.05, 4.69) is 12.2 Å². The van der Waals surface area contributed by atoms with E-state index < -0.39 is 16.8 Å². The van der Waals surface area contributed by atoms with Crippen LogP contribution in [0.2, 0.25) is 0 Å². The van der Waals surface area contributed by atoms with Crippen LogP contribution in [0.25, 0.3) is 0 Å². The maximum atomic E-state index is 12.4. The number of carboxylic acids is 1. The van der Waals surface area contributed by atoms with Crippen LogP contribution in [-0.4, -0.2) is 44.5 Å². The lowest BCUT2D eigenvalue weighted by atomic mass is 10.1. The summed E-state index contributed by atoms with van der Waals surface area (Å²) in [5.74, 6) is 0.269. The molecule has 1 fully saturated rings. The summed E-state index contributed by atoms with van der Waals surface area (Å²) in [5, 5.41) is 12.5. The third kappa shape index (κ3) is 8.31. The number of rotatable bonds is 5. The summed E-state index contributed by atoms with van der Waals surface area (Å²) in [5.41, 5.74) is 0. The molecule has 0 saturated carbocycles. The SMILES string of the molecule is CCCCCC1CCSSCC(C(=O)O)NC(=O)C(C)(C)SS1. The van der Waals surface area contributed by atoms with Crippen LogP contribution in [0.4, 0.5) is 0 Å². The first-order valence-corrected chi connectivity index (χ1v) is 12.7. The number of aliphatic carboxylic acids is 1. The third-order valence-electron chi connectivity index (χ3n) is 3.51. The summed E-state index contributed by atoms with van der Waals surface area (Å²) >= 11 is 0. The van der Waals surface area contributed by atoms with Crippen molar-refractivity contribution in [2.45, 2.75) is 68.9 Å². The van der Waals surface area contributed by atoms with Crippen molar-refractivity contribution in [2.75, 3.05) is 11.5 Å². The molecule has 23 heavy (non-hydrogen) atoms. The number of carbonyl (C=O) groups excluding carboxylic acids is 1. The first-order valence-electron chi connectivity index (χ1n) is 7.99. The molecule has 1 aliphatic heterocycles. The van der Waals surface area contributed by atoms with Crippen LogP contribution in [0.5, 0.6) is 0 Å². The Kier molecular flexibility index (Phi) is 10.3. The van der Waals surface area contributed by atoms with Gasteiger partial charge >= 0.3 is 5.97 Å². The van der Waals surface area contributed by atoms with Crippen molar-refractivity contribution in [1.29, 1.82) is 0 Å². The van der Waals surface area contributed by atoms with E-state index in [0.717, 1.165) is 12.2 Å². The van der Waals surface area contributed by atoms with Gasteiger partial charge in [0.15, 0.2) is 0 Å². The normalized spacial score (nSPS) is 26.7. The van der Waals surface area contributed by atoms with Crippen LogP contribution < -0.4 is 5.32 Å². The highest BCUT2D eigenvalue weighted by atomic mass is 33.1. The molecule has 0 aliphatic carbocycles. The molecule has 0 aromatic heterocycles. The fraction of sp³-hybridized carbons (Fsp3) is 0.867. The van der Waals surface area contributed by atoms with Crippen LogP contribution in [0.15, 0.2) is 0 Å². The summed E-state index contributed by atoms with van der Waals surface area (Å²) in [4.78, 5) is 23.7. The fourth-order valence-electron chi connectivity index (χ4n) is 1.95. The molecule has 8 heteroatoms. The molecular weight excluding hydrogens is 370 g/mol. The van der Waals surface area contributed by atoms with Crippen molar-refractivity contribution in [3.8, 4) is 0 Å². The molecule has 1 aliphatic rings. The lowest BCUT2D eigenvalue weighted by Crippen LogP contribution is -2.49. The van der Waals surface area contributed by atoms with Crippen molar-refractivity contribution < 1.29 is 14.7 Å². The maximum Gasteiger partial charge on any atom is 0.327 e. The maximum absolute atomic E-state index is 12.4. The molecule has 134 valence electrons. The van der Waals surface area contributed by atoms with Crippen molar-refractivity contribution in [3.63, 3.8) is 0 Å². The van der Waals surface area contributed by atoms with Gasteiger partial charge < -0.3 is 10.4 Å². The highest BCUT2D eigenvalue weighted by Gasteiger charge is 2.33. The number of hydrogen-bond donors (Lipinski definition) is 2. The van der Waals surface area contributed by atoms with Crippen LogP contribution >= 0.6 is 43.2 Å². The largest absolute Gasteiger partial charge is 0.480 e. The molecule has 0 aromatic carbocycles. The monoisotopic (exact) mass is 397 g/mol. The summed E-state index contributed by atoms with van der Waals surface area (Å²) in [6.45, 7) is 5.95. The summed E-state index contributed by atoms with van der Waals surface area (Å²) in [6, 6.07) is -0.815. The van der Waals surface area contributed by atoms with Crippen LogP contribution in [0.3, 0.4) is 0 Å². The quantitative estimate of drug-likeness (QED) is 0.525. The van der Waals surface area contributed by atoms with E-state index in [9.17, 15) is 14.7 Å². The highest BCUT2D eigenvalue weighted by molar-refractivity contribution is 8.77. The zero-order chi connectivity index (χ0) is 17.3. The average molecular weight is 398 g/mol. The predicted molar refractivity (Wildman–Crippen MR) is 106 cm³/mol. The van der Waals surface area contributed by atoms with E-state index >= 15 is 0 Å². The Morgan fingerprint density at radius 3 is 2.74 bits per heavy atom. The lowest BCUT2D eigenvalue weighted by Gasteiger charge is -2.27. The lowest BCUT2D eigenvalue weighted by molar-refractivity contribution is -0.141. The molecule has 4 nitrogen and oxygen atoms in total. The van der Waals surface area contributed by atoms with Gasteiger partial charge in [-0.05, 0) is 26.7 Å². The third-order valence-corrected chi connectivity index (χ3v) is 9.76. The number of hydrogen-bond acceptors (Lipinski definition) is 6. The second-order valence-corrected chi connectivity index (χ2v) is 11.8. The molecule has 1 saturated heterocycles. The zero-order valence-electron chi connectivity index (χ0n) is 14.0. The molecule has 1 amide bonds. The van der Waals surface area contributed by atoms with Gasteiger partial charge in [-0.1, -0.05) is 69.4 Å². The Morgan fingerprint density at radius 2 is 2.09 bits per heavy atom. The molecule has 0 radical (unpaired) electrons. The summed E-state index contributed by atoms with van der Waals surface area (Å²) in [6.07, 6.45) is 6.01. The first-order chi connectivity index (χ1) is 10.9. The highest BCUT2D eigenvalue weighted by Crippen LogP contribution is 2.42. The van der Waals surface area contributed by atoms with Crippen molar-refractivity contribution in [3.05, 3.63) is 0 Å². The molecule has 1 heterocycles. The predicted octanol–water partition coefficient (Wildman–Crippen LogP) is 4.45. The van der Waals surface area contributed by atoms with Gasteiger partial charge in [0.2, 0.25) is 5.91 Å². The second-order valence-electron chi connectivity index (χ2n) is 6.07. The van der Waals surface area contributed by atoms with E-state index in [0.29, 0.717) is 11.0 Å². The smallest absolute Gasteiger partial charge is 0.327 e. The topological polar surface area (TPSA) is 66.4 Å². The number of amides is 1. The molecule has 2 atom stereocenters. The number of unbranched alkanes of at least 4 members (excludes halogenated alkanes) is 2. The van der Waals surface area contributed by atoms with E-state index in [1.54, 1.807) is 43.2 Å². The average Bonchev–Trinajstić information content (AvgIpc) is 2.49. The minimum atomic E-state index is -0.964. The van der Waals surface area contributed by atoms with Crippen molar-refractivity contribution in [1.82, 2.24) is 5.32 Å². The Balaban J connectivity index is 2.68. The fourth-order valence-corrected chi connectivity index (χ4v) is 7.32. The minimum Gasteiger partial charge on any atom is -0.480 e. The Labute approximate surface area is 155 Å². The van der Waals surface area contributed by atoms with Gasteiger partial charge in [-0.2, -0.15) is 0 Å². The Morgan fingerprint density at radius 1 is 1.35 bits per heavy atom. The van der Waals surface area contributed by atoms with Gasteiger partial charge in [0.1, 0.15) is 6.04 Å². The molecule has 0 aromatic rings. The molecular formula is C15H27NO3S4. The van der Waals surface area contributed by atoms with Crippen molar-refractivity contribution in [2.24, 2.45) is 0 Å². The molecule has 0 bridgehead atoms. The minimum absolute atomic E-state index is 0.194. The molecule has 1 rings (SSSR count). The van der Waals surface area contributed by atoms with Crippen molar-refractivity contribution >= 4 is 55.1 Å². The van der Waals surface area contributed by atoms with Crippen LogP contribution in [0.1, 0.15) is 52.9 Å². The van der Waals surface area contributed by atoms with Gasteiger partial charge in [0.05, 0.1) is 4.75 Å². The van der Waals surface area contributed by atoms with E-state index in [1.165, 1.54) is 25.7 Å². The summed E-state index contributed by atoms with van der Waals surface area (Å²) in [7, 11) is 6.62. The zero-order valence-corrected chi connectivity index (χ0v) is 17.3. The Hall–Kier alpha value is 0.340. The van der Waals surface area contributed by atoms with Gasteiger partial charge in [0, 0.05) is 16.8 Å². The van der Waals surface area contributed by atoms with E-state index in [4.69, 9.17) is 0 Å². The van der Waals surface area contributed by atoms with E-state index in [-0.39, 0.29) is 5.91 Å². The second kappa shape index (κ2) is 11.1. The van der Waals surface area contributed by atoms with Gasteiger partial charge in [-0.25, -0.2) is 4.79 Å². The summed E-state index contributed by atoms with van der Waals surface area (Å²) < 4.78 is -0.627. The van der Waals surface area contributed by atoms with Gasteiger partial charge in [-0.15, -0.1) is 0 Å². The first kappa shape index (κ1) is 21.4. The van der Waals surface area contributed by atoms with Gasteiger partial charge in [0.25, 0.3) is 0 Å². The van der Waals surface area contributed by atoms with Crippen LogP contribution in [-0.2, 0) is 9.59 Å². The number of nitrogens with one attached hydrogen (secondary N) is 1. The van der Waals surface area contributed by atoms with Crippen LogP contribution in [0, 0.1) is 0 Å². The Bertz CT molecular complexity index is 393. The number of carboxylic acid groups (broad SMARTS) is 1. The molecule has 2 unspecified atom stereocenters. The van der Waals surface area contributed by atoms with Gasteiger partial charge in [-0.3, -0.25) is 4.79 Å². The van der Waals surface area contributed by atoms with E-state index in [1.807, 2.05) is 13.8 Å².